The van der Waals surface area contributed by atoms with E-state index in [-0.39, 0.29) is 11.8 Å². The lowest BCUT2D eigenvalue weighted by Gasteiger charge is -2.31. The molecule has 176 valence electrons. The van der Waals surface area contributed by atoms with Crippen LogP contribution in [0.3, 0.4) is 0 Å². The maximum absolute atomic E-state index is 12.9. The van der Waals surface area contributed by atoms with Gasteiger partial charge in [-0.1, -0.05) is 22.9 Å². The average Bonchev–Trinajstić information content (AvgIpc) is 3.44. The first kappa shape index (κ1) is 22.5. The number of nitrogens with zero attached hydrogens (tertiary/aromatic N) is 4. The molecule has 0 radical (unpaired) electrons. The van der Waals surface area contributed by atoms with Gasteiger partial charge in [0.15, 0.2) is 0 Å². The molecule has 4 aromatic rings. The Balaban J connectivity index is 1.27. The molecule has 8 nitrogen and oxygen atoms in total. The van der Waals surface area contributed by atoms with Crippen LogP contribution in [-0.4, -0.2) is 47.8 Å². The molecule has 2 aromatic carbocycles. The summed E-state index contributed by atoms with van der Waals surface area (Å²) in [6, 6.07) is 13.0. The number of rotatable bonds is 6. The zero-order valence-electron chi connectivity index (χ0n) is 18.8. The average molecular weight is 498 g/mol. The van der Waals surface area contributed by atoms with Gasteiger partial charge < -0.3 is 19.7 Å². The van der Waals surface area contributed by atoms with Crippen LogP contribution in [0, 0.1) is 5.92 Å². The van der Waals surface area contributed by atoms with Crippen molar-refractivity contribution in [3.8, 4) is 22.8 Å². The molecule has 5 rings (SSSR count). The van der Waals surface area contributed by atoms with E-state index in [0.29, 0.717) is 23.0 Å². The van der Waals surface area contributed by atoms with E-state index in [1.54, 1.807) is 32.4 Å². The molecule has 1 unspecified atom stereocenters. The zero-order valence-corrected chi connectivity index (χ0v) is 20.4. The quantitative estimate of drug-likeness (QED) is 0.404. The normalized spacial score (nSPS) is 16.0. The van der Waals surface area contributed by atoms with Gasteiger partial charge in [0.05, 0.1) is 37.1 Å². The van der Waals surface area contributed by atoms with E-state index in [0.717, 1.165) is 46.5 Å². The van der Waals surface area contributed by atoms with Crippen LogP contribution >= 0.6 is 22.9 Å². The fourth-order valence-corrected chi connectivity index (χ4v) is 5.25. The molecule has 0 bridgehead atoms. The third-order valence-corrected chi connectivity index (χ3v) is 7.18. The predicted molar refractivity (Wildman–Crippen MR) is 134 cm³/mol. The van der Waals surface area contributed by atoms with Crippen LogP contribution in [0.5, 0.6) is 11.5 Å². The van der Waals surface area contributed by atoms with Crippen molar-refractivity contribution in [1.82, 2.24) is 14.6 Å². The number of aromatic nitrogens is 3. The smallest absolute Gasteiger partial charge is 0.229 e. The van der Waals surface area contributed by atoms with E-state index in [4.69, 9.17) is 31.2 Å². The maximum Gasteiger partial charge on any atom is 0.229 e. The molecule has 1 aliphatic rings. The standard InChI is InChI=1S/C24H24ClN5O3S/c1-32-18-8-5-15(6-9-18)20-14-30-23(27-20)34-24(28-30)29-11-3-4-16(13-29)22(31)26-17-7-10-21(33-2)19(25)12-17/h5-10,12,14,16H,3-4,11,13H2,1-2H3,(H,26,31). The number of nitrogens with one attached hydrogen (secondary N) is 1. The summed E-state index contributed by atoms with van der Waals surface area (Å²) in [5, 5.41) is 9.05. The lowest BCUT2D eigenvalue weighted by molar-refractivity contribution is -0.120. The van der Waals surface area contributed by atoms with Crippen LogP contribution in [0.4, 0.5) is 10.8 Å². The van der Waals surface area contributed by atoms with Crippen molar-refractivity contribution in [2.45, 2.75) is 12.8 Å². The SMILES string of the molecule is COc1ccc(-c2cn3nc(N4CCCC(C(=O)Nc5ccc(OC)c(Cl)c5)C4)sc3n2)cc1. The molecule has 1 aliphatic heterocycles. The van der Waals surface area contributed by atoms with Crippen LogP contribution in [0.2, 0.25) is 5.02 Å². The second-order valence-electron chi connectivity index (χ2n) is 8.09. The Morgan fingerprint density at radius 3 is 2.71 bits per heavy atom. The zero-order chi connectivity index (χ0) is 23.7. The van der Waals surface area contributed by atoms with E-state index in [1.165, 1.54) is 11.3 Å². The number of hydrogen-bond acceptors (Lipinski definition) is 7. The number of amides is 1. The maximum atomic E-state index is 12.9. The Morgan fingerprint density at radius 2 is 2.00 bits per heavy atom. The Labute approximate surface area is 206 Å². The number of benzene rings is 2. The number of hydrogen-bond donors (Lipinski definition) is 1. The van der Waals surface area contributed by atoms with Crippen molar-refractivity contribution in [3.05, 3.63) is 53.7 Å². The minimum absolute atomic E-state index is 0.0194. The number of halogens is 1. The summed E-state index contributed by atoms with van der Waals surface area (Å²) < 4.78 is 12.2. The van der Waals surface area contributed by atoms with Crippen LogP contribution in [-0.2, 0) is 4.79 Å². The highest BCUT2D eigenvalue weighted by molar-refractivity contribution is 7.20. The summed E-state index contributed by atoms with van der Waals surface area (Å²) in [7, 11) is 3.21. The second kappa shape index (κ2) is 9.52. The lowest BCUT2D eigenvalue weighted by atomic mass is 9.97. The van der Waals surface area contributed by atoms with E-state index in [2.05, 4.69) is 10.2 Å². The Bertz CT molecular complexity index is 1290. The number of anilines is 2. The van der Waals surface area contributed by atoms with Crippen LogP contribution < -0.4 is 19.7 Å². The highest BCUT2D eigenvalue weighted by Crippen LogP contribution is 2.31. The van der Waals surface area contributed by atoms with Crippen LogP contribution in [0.15, 0.2) is 48.7 Å². The fraction of sp³-hybridized carbons (Fsp3) is 0.292. The van der Waals surface area contributed by atoms with Crippen molar-refractivity contribution in [3.63, 3.8) is 0 Å². The van der Waals surface area contributed by atoms with Gasteiger partial charge in [-0.2, -0.15) is 0 Å². The summed E-state index contributed by atoms with van der Waals surface area (Å²) >= 11 is 7.72. The molecule has 1 fully saturated rings. The van der Waals surface area contributed by atoms with E-state index >= 15 is 0 Å². The minimum atomic E-state index is -0.138. The van der Waals surface area contributed by atoms with Gasteiger partial charge in [0.25, 0.3) is 0 Å². The van der Waals surface area contributed by atoms with E-state index in [9.17, 15) is 4.79 Å². The van der Waals surface area contributed by atoms with Gasteiger partial charge in [0.1, 0.15) is 11.5 Å². The van der Waals surface area contributed by atoms with Gasteiger partial charge >= 0.3 is 0 Å². The number of ether oxygens (including phenoxy) is 2. The number of carbonyl (C=O) groups excluding carboxylic acids is 1. The molecule has 34 heavy (non-hydrogen) atoms. The molecule has 0 saturated carbocycles. The Morgan fingerprint density at radius 1 is 1.18 bits per heavy atom. The number of piperidine rings is 1. The fourth-order valence-electron chi connectivity index (χ4n) is 4.07. The monoisotopic (exact) mass is 497 g/mol. The van der Waals surface area contributed by atoms with Crippen molar-refractivity contribution in [1.29, 1.82) is 0 Å². The molecule has 3 heterocycles. The van der Waals surface area contributed by atoms with Crippen molar-refractivity contribution in [2.24, 2.45) is 5.92 Å². The molecule has 0 aliphatic carbocycles. The number of imidazole rings is 1. The lowest BCUT2D eigenvalue weighted by Crippen LogP contribution is -2.40. The molecule has 0 spiro atoms. The molecule has 10 heteroatoms. The second-order valence-corrected chi connectivity index (χ2v) is 9.43. The van der Waals surface area contributed by atoms with Crippen molar-refractivity contribution < 1.29 is 14.3 Å². The third kappa shape index (κ3) is 4.53. The molecule has 1 amide bonds. The first-order chi connectivity index (χ1) is 16.5. The summed E-state index contributed by atoms with van der Waals surface area (Å²) in [6.07, 6.45) is 3.68. The first-order valence-corrected chi connectivity index (χ1v) is 12.1. The molecule has 1 saturated heterocycles. The third-order valence-electron chi connectivity index (χ3n) is 5.90. The van der Waals surface area contributed by atoms with Gasteiger partial charge in [0, 0.05) is 24.3 Å². The minimum Gasteiger partial charge on any atom is -0.497 e. The summed E-state index contributed by atoms with van der Waals surface area (Å²) in [5.41, 5.74) is 2.53. The van der Waals surface area contributed by atoms with Crippen molar-refractivity contribution in [2.75, 3.05) is 37.5 Å². The first-order valence-electron chi connectivity index (χ1n) is 10.9. The van der Waals surface area contributed by atoms with Gasteiger partial charge in [-0.25, -0.2) is 9.50 Å². The molecular weight excluding hydrogens is 474 g/mol. The summed E-state index contributed by atoms with van der Waals surface area (Å²) in [4.78, 5) is 20.6. The number of carbonyl (C=O) groups is 1. The van der Waals surface area contributed by atoms with E-state index < -0.39 is 0 Å². The van der Waals surface area contributed by atoms with Gasteiger partial charge in [-0.05, 0) is 55.3 Å². The highest BCUT2D eigenvalue weighted by atomic mass is 35.5. The van der Waals surface area contributed by atoms with Gasteiger partial charge in [0.2, 0.25) is 16.0 Å². The number of methoxy groups -OCH3 is 2. The molecule has 2 aromatic heterocycles. The summed E-state index contributed by atoms with van der Waals surface area (Å²) in [5.74, 6) is 1.23. The summed E-state index contributed by atoms with van der Waals surface area (Å²) in [6.45, 7) is 1.47. The Kier molecular flexibility index (Phi) is 6.30. The van der Waals surface area contributed by atoms with Gasteiger partial charge in [-0.3, -0.25) is 4.79 Å². The highest BCUT2D eigenvalue weighted by Gasteiger charge is 2.28. The Hall–Kier alpha value is -3.30. The van der Waals surface area contributed by atoms with Crippen LogP contribution in [0.25, 0.3) is 16.2 Å². The molecule has 1 atom stereocenters. The molecular formula is C24H24ClN5O3S. The van der Waals surface area contributed by atoms with Gasteiger partial charge in [-0.15, -0.1) is 5.10 Å². The van der Waals surface area contributed by atoms with E-state index in [1.807, 2.05) is 35.0 Å². The predicted octanol–water partition coefficient (Wildman–Crippen LogP) is 4.98. The molecule has 1 N–H and O–H groups in total. The van der Waals surface area contributed by atoms with Crippen molar-refractivity contribution >= 4 is 44.6 Å². The van der Waals surface area contributed by atoms with Crippen LogP contribution in [0.1, 0.15) is 12.8 Å². The topological polar surface area (TPSA) is 81.0 Å². The number of fused-ring (bicyclic) bond motifs is 1. The largest absolute Gasteiger partial charge is 0.497 e.